The lowest BCUT2D eigenvalue weighted by Gasteiger charge is -2.28. The van der Waals surface area contributed by atoms with Gasteiger partial charge in [0.1, 0.15) is 17.5 Å². The molecule has 3 nitrogen and oxygen atoms in total. The van der Waals surface area contributed by atoms with Gasteiger partial charge in [-0.1, -0.05) is 23.5 Å². The molecule has 0 spiro atoms. The molecule has 26 heavy (non-hydrogen) atoms. The molecule has 3 aromatic rings. The fourth-order valence-corrected chi connectivity index (χ4v) is 4.62. The van der Waals surface area contributed by atoms with Crippen LogP contribution >= 0.6 is 11.3 Å². The van der Waals surface area contributed by atoms with Crippen molar-refractivity contribution >= 4 is 39.4 Å². The molecule has 2 heterocycles. The van der Waals surface area contributed by atoms with Gasteiger partial charge in [-0.05, 0) is 49.1 Å². The Morgan fingerprint density at radius 1 is 1.00 bits per heavy atom. The van der Waals surface area contributed by atoms with E-state index in [0.717, 1.165) is 5.75 Å². The third kappa shape index (κ3) is 3.47. The smallest absolute Gasteiger partial charge is 0.262 e. The van der Waals surface area contributed by atoms with Crippen LogP contribution in [0.4, 0.5) is 5.69 Å². The van der Waals surface area contributed by atoms with Crippen molar-refractivity contribution in [2.24, 2.45) is 7.05 Å². The Balaban J connectivity index is 1.54. The molecule has 0 unspecified atom stereocenters. The summed E-state index contributed by atoms with van der Waals surface area (Å²) in [6.07, 6.45) is 8.40. The predicted molar refractivity (Wildman–Crippen MR) is 111 cm³/mol. The fourth-order valence-electron chi connectivity index (χ4n) is 3.54. The number of aryl methyl sites for hydroxylation is 1. The highest BCUT2D eigenvalue weighted by Gasteiger charge is 2.15. The molecular formula is C22H25N2OS+. The number of anilines is 1. The largest absolute Gasteiger partial charge is 0.497 e. The summed E-state index contributed by atoms with van der Waals surface area (Å²) in [7, 11) is 3.83. The van der Waals surface area contributed by atoms with Crippen molar-refractivity contribution in [1.82, 2.24) is 0 Å². The van der Waals surface area contributed by atoms with Gasteiger partial charge in [-0.15, -0.1) is 0 Å². The lowest BCUT2D eigenvalue weighted by Crippen LogP contribution is -2.29. The third-order valence-electron chi connectivity index (χ3n) is 5.11. The van der Waals surface area contributed by atoms with Crippen molar-refractivity contribution in [2.45, 2.75) is 19.3 Å². The van der Waals surface area contributed by atoms with Crippen molar-refractivity contribution < 1.29 is 9.30 Å². The summed E-state index contributed by atoms with van der Waals surface area (Å²) < 4.78 is 8.81. The third-order valence-corrected chi connectivity index (χ3v) is 6.27. The number of hydrogen-bond acceptors (Lipinski definition) is 3. The number of nitrogens with zero attached hydrogens (tertiary/aromatic N) is 2. The molecule has 1 saturated heterocycles. The van der Waals surface area contributed by atoms with E-state index >= 15 is 0 Å². The van der Waals surface area contributed by atoms with Gasteiger partial charge in [-0.25, -0.2) is 0 Å². The van der Waals surface area contributed by atoms with Crippen LogP contribution in [0, 0.1) is 0 Å². The first-order valence-electron chi connectivity index (χ1n) is 9.24. The Bertz CT molecular complexity index is 921. The molecule has 0 radical (unpaired) electrons. The Morgan fingerprint density at radius 2 is 1.77 bits per heavy atom. The number of rotatable bonds is 4. The van der Waals surface area contributed by atoms with E-state index in [2.05, 4.69) is 65.1 Å². The van der Waals surface area contributed by atoms with E-state index in [1.54, 1.807) is 18.4 Å². The van der Waals surface area contributed by atoms with Crippen LogP contribution < -0.4 is 14.2 Å². The first kappa shape index (κ1) is 17.1. The molecule has 0 atom stereocenters. The lowest BCUT2D eigenvalue weighted by atomic mass is 10.1. The van der Waals surface area contributed by atoms with E-state index in [9.17, 15) is 0 Å². The van der Waals surface area contributed by atoms with Crippen LogP contribution in [0.25, 0.3) is 22.4 Å². The van der Waals surface area contributed by atoms with Crippen LogP contribution in [0.2, 0.25) is 0 Å². The maximum absolute atomic E-state index is 5.34. The molecule has 1 aliphatic heterocycles. The minimum atomic E-state index is 0.906. The summed E-state index contributed by atoms with van der Waals surface area (Å²) >= 11 is 1.79. The number of methoxy groups -OCH3 is 1. The molecule has 4 heteroatoms. The molecule has 1 aromatic heterocycles. The second kappa shape index (κ2) is 7.50. The van der Waals surface area contributed by atoms with Crippen LogP contribution in [-0.2, 0) is 7.05 Å². The molecule has 1 fully saturated rings. The highest BCUT2D eigenvalue weighted by atomic mass is 32.1. The van der Waals surface area contributed by atoms with Gasteiger partial charge < -0.3 is 9.64 Å². The summed E-state index contributed by atoms with van der Waals surface area (Å²) in [4.78, 5) is 2.50. The first-order valence-corrected chi connectivity index (χ1v) is 10.1. The van der Waals surface area contributed by atoms with E-state index in [4.69, 9.17) is 4.74 Å². The van der Waals surface area contributed by atoms with Crippen molar-refractivity contribution in [2.75, 3.05) is 25.1 Å². The topological polar surface area (TPSA) is 16.4 Å². The standard InChI is InChI=1S/C22H25N2OS/c1-23-20-12-11-19(25-2)16-21(20)26-22(23)13-8-17-6-9-18(10-7-17)24-14-4-3-5-15-24/h6-13,16H,3-5,14-15H2,1-2H3/q+1. The zero-order valence-corrected chi connectivity index (χ0v) is 16.3. The molecule has 0 bridgehead atoms. The molecule has 4 rings (SSSR count). The molecule has 2 aromatic carbocycles. The van der Waals surface area contributed by atoms with Gasteiger partial charge in [-0.2, -0.15) is 4.57 Å². The van der Waals surface area contributed by atoms with Gasteiger partial charge in [0.2, 0.25) is 5.52 Å². The Kier molecular flexibility index (Phi) is 4.93. The number of aromatic nitrogens is 1. The molecule has 1 aliphatic rings. The van der Waals surface area contributed by atoms with Crippen LogP contribution in [0.15, 0.2) is 42.5 Å². The average Bonchev–Trinajstić information content (AvgIpc) is 3.02. The number of piperidine rings is 1. The summed E-state index contributed by atoms with van der Waals surface area (Å²) in [5, 5.41) is 1.23. The average molecular weight is 366 g/mol. The zero-order chi connectivity index (χ0) is 17.9. The summed E-state index contributed by atoms with van der Waals surface area (Å²) in [6.45, 7) is 2.38. The van der Waals surface area contributed by atoms with E-state index in [0.29, 0.717) is 0 Å². The molecule has 0 saturated carbocycles. The van der Waals surface area contributed by atoms with Crippen LogP contribution in [0.5, 0.6) is 5.75 Å². The summed E-state index contributed by atoms with van der Waals surface area (Å²) in [5.74, 6) is 0.906. The summed E-state index contributed by atoms with van der Waals surface area (Å²) in [6, 6.07) is 15.2. The van der Waals surface area contributed by atoms with Gasteiger partial charge in [0.25, 0.3) is 5.01 Å². The Morgan fingerprint density at radius 3 is 2.50 bits per heavy atom. The minimum absolute atomic E-state index is 0.906. The molecule has 0 N–H and O–H groups in total. The number of hydrogen-bond donors (Lipinski definition) is 0. The zero-order valence-electron chi connectivity index (χ0n) is 15.4. The van der Waals surface area contributed by atoms with Crippen molar-refractivity contribution in [3.8, 4) is 5.75 Å². The van der Waals surface area contributed by atoms with E-state index in [1.807, 2.05) is 6.07 Å². The van der Waals surface area contributed by atoms with Gasteiger partial charge >= 0.3 is 0 Å². The molecular weight excluding hydrogens is 340 g/mol. The molecule has 0 amide bonds. The molecule has 0 aliphatic carbocycles. The van der Waals surface area contributed by atoms with Crippen molar-refractivity contribution in [3.05, 3.63) is 53.0 Å². The number of fused-ring (bicyclic) bond motifs is 1. The normalized spacial score (nSPS) is 15.1. The summed E-state index contributed by atoms with van der Waals surface area (Å²) in [5.41, 5.74) is 3.82. The van der Waals surface area contributed by atoms with Gasteiger partial charge in [-0.3, -0.25) is 0 Å². The maximum atomic E-state index is 5.34. The van der Waals surface area contributed by atoms with E-state index in [-0.39, 0.29) is 0 Å². The Hall–Kier alpha value is -2.33. The van der Waals surface area contributed by atoms with Crippen LogP contribution in [0.1, 0.15) is 29.8 Å². The van der Waals surface area contributed by atoms with E-state index in [1.165, 1.54) is 58.8 Å². The number of ether oxygens (including phenoxy) is 1. The van der Waals surface area contributed by atoms with Crippen LogP contribution in [-0.4, -0.2) is 20.2 Å². The highest BCUT2D eigenvalue weighted by Crippen LogP contribution is 2.26. The van der Waals surface area contributed by atoms with Crippen molar-refractivity contribution in [1.29, 1.82) is 0 Å². The van der Waals surface area contributed by atoms with E-state index < -0.39 is 0 Å². The highest BCUT2D eigenvalue weighted by molar-refractivity contribution is 7.18. The Labute approximate surface area is 159 Å². The van der Waals surface area contributed by atoms with Gasteiger partial charge in [0.15, 0.2) is 0 Å². The van der Waals surface area contributed by atoms with Gasteiger partial charge in [0, 0.05) is 37.0 Å². The van der Waals surface area contributed by atoms with Gasteiger partial charge in [0.05, 0.1) is 7.11 Å². The first-order chi connectivity index (χ1) is 12.7. The lowest BCUT2D eigenvalue weighted by molar-refractivity contribution is -0.642. The number of thiazole rings is 1. The predicted octanol–water partition coefficient (Wildman–Crippen LogP) is 4.90. The second-order valence-corrected chi connectivity index (χ2v) is 7.87. The second-order valence-electron chi connectivity index (χ2n) is 6.81. The maximum Gasteiger partial charge on any atom is 0.262 e. The SMILES string of the molecule is COc1ccc2c(c1)sc(C=Cc1ccc(N3CCCCC3)cc1)[n+]2C. The van der Waals surface area contributed by atoms with Crippen molar-refractivity contribution in [3.63, 3.8) is 0 Å². The monoisotopic (exact) mass is 365 g/mol. The van der Waals surface area contributed by atoms with Crippen LogP contribution in [0.3, 0.4) is 0 Å². The minimum Gasteiger partial charge on any atom is -0.497 e. The molecule has 134 valence electrons. The number of benzene rings is 2. The fraction of sp³-hybridized carbons (Fsp3) is 0.318. The quantitative estimate of drug-likeness (QED) is 0.612.